The van der Waals surface area contributed by atoms with E-state index in [0.29, 0.717) is 6.04 Å². The first-order valence-electron chi connectivity index (χ1n) is 6.30. The third-order valence-electron chi connectivity index (χ3n) is 3.89. The molecule has 2 aliphatic rings. The Morgan fingerprint density at radius 1 is 1.40 bits per heavy atom. The SMILES string of the molecule is CCOCCNC(C)C1CC2C=CC1C2. The highest BCUT2D eigenvalue weighted by Crippen LogP contribution is 2.44. The van der Waals surface area contributed by atoms with Crippen molar-refractivity contribution in [2.75, 3.05) is 19.8 Å². The summed E-state index contributed by atoms with van der Waals surface area (Å²) in [5.74, 6) is 2.60. The van der Waals surface area contributed by atoms with Crippen LogP contribution < -0.4 is 5.32 Å². The van der Waals surface area contributed by atoms with Gasteiger partial charge in [-0.1, -0.05) is 12.2 Å². The highest BCUT2D eigenvalue weighted by molar-refractivity contribution is 5.11. The van der Waals surface area contributed by atoms with Gasteiger partial charge in [0.2, 0.25) is 0 Å². The number of nitrogens with one attached hydrogen (secondary N) is 1. The maximum Gasteiger partial charge on any atom is 0.0590 e. The van der Waals surface area contributed by atoms with E-state index in [-0.39, 0.29) is 0 Å². The van der Waals surface area contributed by atoms with Gasteiger partial charge in [-0.15, -0.1) is 0 Å². The number of hydrogen-bond donors (Lipinski definition) is 1. The Bertz CT molecular complexity index is 227. The molecule has 2 heteroatoms. The van der Waals surface area contributed by atoms with Gasteiger partial charge in [0.15, 0.2) is 0 Å². The summed E-state index contributed by atoms with van der Waals surface area (Å²) in [6.45, 7) is 7.03. The molecule has 15 heavy (non-hydrogen) atoms. The fourth-order valence-corrected chi connectivity index (χ4v) is 3.05. The Morgan fingerprint density at radius 2 is 2.27 bits per heavy atom. The molecular weight excluding hydrogens is 186 g/mol. The summed E-state index contributed by atoms with van der Waals surface area (Å²) in [5, 5.41) is 3.59. The Labute approximate surface area is 93.1 Å². The summed E-state index contributed by atoms with van der Waals surface area (Å²) in [6, 6.07) is 0.644. The normalized spacial score (nSPS) is 34.9. The molecule has 0 amide bonds. The van der Waals surface area contributed by atoms with E-state index in [1.54, 1.807) is 0 Å². The molecule has 1 saturated carbocycles. The van der Waals surface area contributed by atoms with Crippen molar-refractivity contribution in [2.45, 2.75) is 32.7 Å². The quantitative estimate of drug-likeness (QED) is 0.535. The lowest BCUT2D eigenvalue weighted by Crippen LogP contribution is -2.37. The van der Waals surface area contributed by atoms with Crippen LogP contribution in [0.1, 0.15) is 26.7 Å². The van der Waals surface area contributed by atoms with Gasteiger partial charge in [0.05, 0.1) is 6.61 Å². The van der Waals surface area contributed by atoms with Gasteiger partial charge in [0, 0.05) is 19.2 Å². The molecule has 0 heterocycles. The first kappa shape index (κ1) is 11.2. The summed E-state index contributed by atoms with van der Waals surface area (Å²) in [5.41, 5.74) is 0. The van der Waals surface area contributed by atoms with Crippen LogP contribution in [0, 0.1) is 17.8 Å². The molecule has 1 N–H and O–H groups in total. The second kappa shape index (κ2) is 5.13. The van der Waals surface area contributed by atoms with Crippen LogP contribution in [0.25, 0.3) is 0 Å². The molecule has 0 radical (unpaired) electrons. The van der Waals surface area contributed by atoms with Gasteiger partial charge in [-0.2, -0.15) is 0 Å². The van der Waals surface area contributed by atoms with Crippen molar-refractivity contribution >= 4 is 0 Å². The van der Waals surface area contributed by atoms with Gasteiger partial charge < -0.3 is 10.1 Å². The molecule has 2 bridgehead atoms. The maximum absolute atomic E-state index is 5.33. The predicted octanol–water partition coefficient (Wildman–Crippen LogP) is 2.21. The van der Waals surface area contributed by atoms with Gasteiger partial charge in [0.1, 0.15) is 0 Å². The molecule has 1 fully saturated rings. The second-order valence-electron chi connectivity index (χ2n) is 4.88. The zero-order chi connectivity index (χ0) is 10.7. The van der Waals surface area contributed by atoms with Gasteiger partial charge in [0.25, 0.3) is 0 Å². The van der Waals surface area contributed by atoms with Crippen LogP contribution in [0.5, 0.6) is 0 Å². The standard InChI is InChI=1S/C13H23NO/c1-3-15-7-6-14-10(2)13-9-11-4-5-12(13)8-11/h4-5,10-14H,3,6-9H2,1-2H3. The van der Waals surface area contributed by atoms with Gasteiger partial charge in [-0.3, -0.25) is 0 Å². The lowest BCUT2D eigenvalue weighted by Gasteiger charge is -2.26. The van der Waals surface area contributed by atoms with Crippen molar-refractivity contribution < 1.29 is 4.74 Å². The number of allylic oxidation sites excluding steroid dienone is 2. The summed E-state index contributed by atoms with van der Waals surface area (Å²) >= 11 is 0. The minimum atomic E-state index is 0.644. The molecular formula is C13H23NO. The molecule has 4 atom stereocenters. The smallest absolute Gasteiger partial charge is 0.0590 e. The third-order valence-corrected chi connectivity index (χ3v) is 3.89. The summed E-state index contributed by atoms with van der Waals surface area (Å²) in [4.78, 5) is 0. The van der Waals surface area contributed by atoms with Crippen molar-refractivity contribution in [2.24, 2.45) is 17.8 Å². The molecule has 0 spiro atoms. The number of hydrogen-bond acceptors (Lipinski definition) is 2. The van der Waals surface area contributed by atoms with Crippen LogP contribution in [-0.4, -0.2) is 25.8 Å². The number of rotatable bonds is 6. The van der Waals surface area contributed by atoms with Gasteiger partial charge in [-0.05, 0) is 44.4 Å². The first-order valence-corrected chi connectivity index (χ1v) is 6.30. The maximum atomic E-state index is 5.33. The highest BCUT2D eigenvalue weighted by atomic mass is 16.5. The Kier molecular flexibility index (Phi) is 3.81. The van der Waals surface area contributed by atoms with Crippen LogP contribution in [0.15, 0.2) is 12.2 Å². The van der Waals surface area contributed by atoms with E-state index >= 15 is 0 Å². The average Bonchev–Trinajstić information content (AvgIpc) is 2.85. The second-order valence-corrected chi connectivity index (χ2v) is 4.88. The monoisotopic (exact) mass is 209 g/mol. The van der Waals surface area contributed by atoms with E-state index < -0.39 is 0 Å². The van der Waals surface area contributed by atoms with E-state index in [9.17, 15) is 0 Å². The minimum Gasteiger partial charge on any atom is -0.380 e. The van der Waals surface area contributed by atoms with Gasteiger partial charge in [-0.25, -0.2) is 0 Å². The summed E-state index contributed by atoms with van der Waals surface area (Å²) in [7, 11) is 0. The molecule has 2 nitrogen and oxygen atoms in total. The molecule has 2 aliphatic carbocycles. The van der Waals surface area contributed by atoms with Crippen LogP contribution in [0.4, 0.5) is 0 Å². The van der Waals surface area contributed by atoms with E-state index in [1.807, 2.05) is 6.92 Å². The molecule has 4 unspecified atom stereocenters. The fraction of sp³-hybridized carbons (Fsp3) is 0.846. The first-order chi connectivity index (χ1) is 7.31. The average molecular weight is 209 g/mol. The van der Waals surface area contributed by atoms with Crippen molar-refractivity contribution in [3.63, 3.8) is 0 Å². The topological polar surface area (TPSA) is 21.3 Å². The van der Waals surface area contributed by atoms with E-state index in [4.69, 9.17) is 4.74 Å². The van der Waals surface area contributed by atoms with Crippen molar-refractivity contribution in [3.05, 3.63) is 12.2 Å². The van der Waals surface area contributed by atoms with Crippen LogP contribution >= 0.6 is 0 Å². The Balaban J connectivity index is 1.68. The molecule has 0 aliphatic heterocycles. The van der Waals surface area contributed by atoms with Crippen LogP contribution in [0.3, 0.4) is 0 Å². The van der Waals surface area contributed by atoms with E-state index in [0.717, 1.165) is 37.5 Å². The number of ether oxygens (including phenoxy) is 1. The molecule has 0 saturated heterocycles. The molecule has 86 valence electrons. The molecule has 2 rings (SSSR count). The van der Waals surface area contributed by atoms with E-state index in [2.05, 4.69) is 24.4 Å². The largest absolute Gasteiger partial charge is 0.380 e. The highest BCUT2D eigenvalue weighted by Gasteiger charge is 2.38. The van der Waals surface area contributed by atoms with Gasteiger partial charge >= 0.3 is 0 Å². The molecule has 0 aromatic carbocycles. The zero-order valence-electron chi connectivity index (χ0n) is 9.91. The van der Waals surface area contributed by atoms with Crippen LogP contribution in [-0.2, 0) is 4.74 Å². The van der Waals surface area contributed by atoms with E-state index in [1.165, 1.54) is 12.8 Å². The third kappa shape index (κ3) is 2.61. The zero-order valence-corrected chi connectivity index (χ0v) is 9.91. The molecule has 0 aromatic heterocycles. The summed E-state index contributed by atoms with van der Waals surface area (Å²) in [6.07, 6.45) is 7.64. The Hall–Kier alpha value is -0.340. The Morgan fingerprint density at radius 3 is 2.87 bits per heavy atom. The lowest BCUT2D eigenvalue weighted by atomic mass is 9.87. The van der Waals surface area contributed by atoms with Crippen LogP contribution in [0.2, 0.25) is 0 Å². The molecule has 0 aromatic rings. The predicted molar refractivity (Wildman–Crippen MR) is 62.8 cm³/mol. The number of fused-ring (bicyclic) bond motifs is 2. The minimum absolute atomic E-state index is 0.644. The fourth-order valence-electron chi connectivity index (χ4n) is 3.05. The van der Waals surface area contributed by atoms with Crippen molar-refractivity contribution in [1.82, 2.24) is 5.32 Å². The summed E-state index contributed by atoms with van der Waals surface area (Å²) < 4.78 is 5.33. The lowest BCUT2D eigenvalue weighted by molar-refractivity contribution is 0.143. The van der Waals surface area contributed by atoms with Crippen molar-refractivity contribution in [3.8, 4) is 0 Å². The van der Waals surface area contributed by atoms with Crippen molar-refractivity contribution in [1.29, 1.82) is 0 Å².